The van der Waals surface area contributed by atoms with Crippen LogP contribution >= 0.6 is 0 Å². The molecule has 2 saturated carbocycles. The average Bonchev–Trinajstić information content (AvgIpc) is 2.90. The van der Waals surface area contributed by atoms with E-state index in [1.807, 2.05) is 0 Å². The minimum atomic E-state index is 0.391. The Kier molecular flexibility index (Phi) is 3.17. The Bertz CT molecular complexity index is 431. The number of nitrogens with zero attached hydrogens (tertiary/aromatic N) is 3. The first-order valence-corrected chi connectivity index (χ1v) is 6.70. The van der Waals surface area contributed by atoms with Crippen LogP contribution in [0.25, 0.3) is 0 Å². The Labute approximate surface area is 106 Å². The quantitative estimate of drug-likeness (QED) is 0.620. The largest absolute Gasteiger partial charge is 0.370 e. The Morgan fingerprint density at radius 1 is 1.33 bits per heavy atom. The van der Waals surface area contributed by atoms with Gasteiger partial charge in [-0.15, -0.1) is 0 Å². The van der Waals surface area contributed by atoms with Crippen LogP contribution < -0.4 is 11.1 Å². The normalized spacial score (nSPS) is 21.4. The minimum absolute atomic E-state index is 0.391. The smallest absolute Gasteiger partial charge is 0.229 e. The first-order valence-electron chi connectivity index (χ1n) is 6.70. The van der Waals surface area contributed by atoms with Gasteiger partial charge in [-0.1, -0.05) is 18.0 Å². The molecule has 98 valence electrons. The molecule has 6 heteroatoms. The number of hydrogen-bond acceptors (Lipinski definition) is 4. The van der Waals surface area contributed by atoms with Crippen LogP contribution in [0.2, 0.25) is 0 Å². The topological polar surface area (TPSA) is 89.3 Å². The fraction of sp³-hybridized carbons (Fsp3) is 0.750. The lowest BCUT2D eigenvalue weighted by Crippen LogP contribution is -2.38. The molecule has 0 saturated heterocycles. The van der Waals surface area contributed by atoms with Crippen LogP contribution in [0.4, 0.5) is 0 Å². The Morgan fingerprint density at radius 2 is 2.11 bits per heavy atom. The summed E-state index contributed by atoms with van der Waals surface area (Å²) in [7, 11) is 0. The van der Waals surface area contributed by atoms with Crippen molar-refractivity contribution in [2.75, 3.05) is 0 Å². The summed E-state index contributed by atoms with van der Waals surface area (Å²) in [6, 6.07) is 0.487. The summed E-state index contributed by atoms with van der Waals surface area (Å²) in [5.41, 5.74) is 5.83. The summed E-state index contributed by atoms with van der Waals surface area (Å²) < 4.78 is 5.16. The van der Waals surface area contributed by atoms with Gasteiger partial charge in [-0.3, -0.25) is 0 Å². The molecule has 0 aromatic carbocycles. The SMILES string of the molecule is NC(=NCc1noc(C2CC2)n1)NC1CCCC1. The molecule has 18 heavy (non-hydrogen) atoms. The van der Waals surface area contributed by atoms with Crippen molar-refractivity contribution in [2.45, 2.75) is 57.0 Å². The van der Waals surface area contributed by atoms with Gasteiger partial charge >= 0.3 is 0 Å². The molecule has 1 heterocycles. The van der Waals surface area contributed by atoms with Crippen molar-refractivity contribution >= 4 is 5.96 Å². The van der Waals surface area contributed by atoms with E-state index in [-0.39, 0.29) is 0 Å². The van der Waals surface area contributed by atoms with Crippen LogP contribution in [0.3, 0.4) is 0 Å². The molecule has 0 aliphatic heterocycles. The van der Waals surface area contributed by atoms with Crippen LogP contribution in [0.1, 0.15) is 56.2 Å². The van der Waals surface area contributed by atoms with Gasteiger partial charge in [0.15, 0.2) is 11.8 Å². The molecule has 0 atom stereocenters. The van der Waals surface area contributed by atoms with Crippen molar-refractivity contribution in [3.05, 3.63) is 11.7 Å². The lowest BCUT2D eigenvalue weighted by atomic mass is 10.2. The van der Waals surface area contributed by atoms with E-state index in [0.29, 0.717) is 30.3 Å². The first kappa shape index (κ1) is 11.5. The van der Waals surface area contributed by atoms with E-state index in [9.17, 15) is 0 Å². The van der Waals surface area contributed by atoms with E-state index < -0.39 is 0 Å². The van der Waals surface area contributed by atoms with Gasteiger partial charge in [-0.2, -0.15) is 4.98 Å². The highest BCUT2D eigenvalue weighted by molar-refractivity contribution is 5.78. The lowest BCUT2D eigenvalue weighted by molar-refractivity contribution is 0.374. The molecule has 1 aromatic rings. The van der Waals surface area contributed by atoms with Crippen molar-refractivity contribution in [2.24, 2.45) is 10.7 Å². The number of guanidine groups is 1. The molecule has 2 fully saturated rings. The zero-order chi connectivity index (χ0) is 12.4. The maximum absolute atomic E-state index is 5.83. The highest BCUT2D eigenvalue weighted by Gasteiger charge is 2.29. The van der Waals surface area contributed by atoms with E-state index in [0.717, 1.165) is 18.7 Å². The van der Waals surface area contributed by atoms with Gasteiger partial charge in [-0.25, -0.2) is 4.99 Å². The summed E-state index contributed by atoms with van der Waals surface area (Å²) in [6.07, 6.45) is 7.25. The standard InChI is InChI=1S/C12H19N5O/c13-12(15-9-3-1-2-4-9)14-7-10-16-11(18-17-10)8-5-6-8/h8-9H,1-7H2,(H3,13,14,15). The van der Waals surface area contributed by atoms with Crippen molar-refractivity contribution < 1.29 is 4.52 Å². The number of aromatic nitrogens is 2. The number of rotatable bonds is 4. The Balaban J connectivity index is 1.51. The molecule has 0 spiro atoms. The fourth-order valence-electron chi connectivity index (χ4n) is 2.31. The second-order valence-corrected chi connectivity index (χ2v) is 5.15. The van der Waals surface area contributed by atoms with Gasteiger partial charge in [0.05, 0.1) is 0 Å². The maximum Gasteiger partial charge on any atom is 0.229 e. The predicted octanol–water partition coefficient (Wildman–Crippen LogP) is 1.29. The van der Waals surface area contributed by atoms with Gasteiger partial charge in [0.1, 0.15) is 6.54 Å². The van der Waals surface area contributed by atoms with Crippen LogP contribution in [-0.2, 0) is 6.54 Å². The van der Waals surface area contributed by atoms with Gasteiger partial charge < -0.3 is 15.6 Å². The molecule has 2 aliphatic rings. The minimum Gasteiger partial charge on any atom is -0.370 e. The highest BCUT2D eigenvalue weighted by Crippen LogP contribution is 2.38. The molecule has 3 N–H and O–H groups in total. The monoisotopic (exact) mass is 249 g/mol. The first-order chi connectivity index (χ1) is 8.81. The number of nitrogens with one attached hydrogen (secondary N) is 1. The van der Waals surface area contributed by atoms with Crippen LogP contribution in [0.15, 0.2) is 9.52 Å². The van der Waals surface area contributed by atoms with E-state index in [4.69, 9.17) is 10.3 Å². The zero-order valence-corrected chi connectivity index (χ0v) is 10.4. The molecule has 0 bridgehead atoms. The second-order valence-electron chi connectivity index (χ2n) is 5.15. The second kappa shape index (κ2) is 4.96. The summed E-state index contributed by atoms with van der Waals surface area (Å²) in [5, 5.41) is 7.14. The number of nitrogens with two attached hydrogens (primary N) is 1. The van der Waals surface area contributed by atoms with E-state index in [2.05, 4.69) is 20.4 Å². The van der Waals surface area contributed by atoms with Gasteiger partial charge in [0.2, 0.25) is 5.89 Å². The van der Waals surface area contributed by atoms with Crippen molar-refractivity contribution in [1.82, 2.24) is 15.5 Å². The van der Waals surface area contributed by atoms with E-state index >= 15 is 0 Å². The van der Waals surface area contributed by atoms with E-state index in [1.165, 1.54) is 25.7 Å². The molecule has 0 amide bonds. The molecular weight excluding hydrogens is 230 g/mol. The number of aliphatic imine (C=N–C) groups is 1. The van der Waals surface area contributed by atoms with Crippen LogP contribution in [0.5, 0.6) is 0 Å². The maximum atomic E-state index is 5.83. The third-order valence-corrected chi connectivity index (χ3v) is 3.51. The summed E-state index contributed by atoms with van der Waals surface area (Å²) in [5.74, 6) is 2.35. The predicted molar refractivity (Wildman–Crippen MR) is 67.0 cm³/mol. The third kappa shape index (κ3) is 2.80. The Morgan fingerprint density at radius 3 is 2.83 bits per heavy atom. The van der Waals surface area contributed by atoms with Gasteiger partial charge in [0, 0.05) is 12.0 Å². The molecule has 6 nitrogen and oxygen atoms in total. The molecule has 0 unspecified atom stereocenters. The molecule has 1 aromatic heterocycles. The van der Waals surface area contributed by atoms with Crippen LogP contribution in [-0.4, -0.2) is 22.1 Å². The highest BCUT2D eigenvalue weighted by atomic mass is 16.5. The number of hydrogen-bond donors (Lipinski definition) is 2. The molecule has 0 radical (unpaired) electrons. The molecular formula is C12H19N5O. The summed E-state index contributed by atoms with van der Waals surface area (Å²) in [6.45, 7) is 0.391. The zero-order valence-electron chi connectivity index (χ0n) is 10.4. The van der Waals surface area contributed by atoms with Gasteiger partial charge in [-0.05, 0) is 25.7 Å². The van der Waals surface area contributed by atoms with Crippen LogP contribution in [0, 0.1) is 0 Å². The van der Waals surface area contributed by atoms with Gasteiger partial charge in [0.25, 0.3) is 0 Å². The summed E-state index contributed by atoms with van der Waals surface area (Å²) >= 11 is 0. The summed E-state index contributed by atoms with van der Waals surface area (Å²) in [4.78, 5) is 8.56. The van der Waals surface area contributed by atoms with Crippen molar-refractivity contribution in [3.8, 4) is 0 Å². The lowest BCUT2D eigenvalue weighted by Gasteiger charge is -2.11. The molecule has 3 rings (SSSR count). The molecule has 2 aliphatic carbocycles. The Hall–Kier alpha value is -1.59. The van der Waals surface area contributed by atoms with Crippen molar-refractivity contribution in [1.29, 1.82) is 0 Å². The fourth-order valence-corrected chi connectivity index (χ4v) is 2.31. The third-order valence-electron chi connectivity index (χ3n) is 3.51. The average molecular weight is 249 g/mol. The van der Waals surface area contributed by atoms with E-state index in [1.54, 1.807) is 0 Å². The van der Waals surface area contributed by atoms with Crippen molar-refractivity contribution in [3.63, 3.8) is 0 Å².